The van der Waals surface area contributed by atoms with Crippen molar-refractivity contribution in [1.29, 1.82) is 0 Å². The lowest BCUT2D eigenvalue weighted by atomic mass is 10.1. The Morgan fingerprint density at radius 2 is 2.04 bits per heavy atom. The van der Waals surface area contributed by atoms with Gasteiger partial charge >= 0.3 is 0 Å². The Morgan fingerprint density at radius 3 is 2.85 bits per heavy atom. The van der Waals surface area contributed by atoms with Crippen molar-refractivity contribution in [3.8, 4) is 17.3 Å². The molecular formula is C17H15ClN8O. The van der Waals surface area contributed by atoms with Crippen LogP contribution in [0.15, 0.2) is 36.7 Å². The summed E-state index contributed by atoms with van der Waals surface area (Å²) in [6.07, 6.45) is 5.48. The maximum atomic E-state index is 6.31. The number of benzene rings is 1. The van der Waals surface area contributed by atoms with Crippen LogP contribution in [-0.4, -0.2) is 48.0 Å². The van der Waals surface area contributed by atoms with E-state index in [2.05, 4.69) is 31.5 Å². The summed E-state index contributed by atoms with van der Waals surface area (Å²) in [4.78, 5) is 2.13. The lowest BCUT2D eigenvalue weighted by Crippen LogP contribution is -2.29. The second kappa shape index (κ2) is 5.08. The zero-order valence-electron chi connectivity index (χ0n) is 14.4. The van der Waals surface area contributed by atoms with Gasteiger partial charge in [0, 0.05) is 24.4 Å². The van der Waals surface area contributed by atoms with Crippen molar-refractivity contribution in [3.05, 3.63) is 42.4 Å². The predicted molar refractivity (Wildman–Crippen MR) is 97.6 cm³/mol. The van der Waals surface area contributed by atoms with Gasteiger partial charge in [-0.2, -0.15) is 4.68 Å². The number of nitrogens with zero attached hydrogens (tertiary/aromatic N) is 8. The van der Waals surface area contributed by atoms with Crippen molar-refractivity contribution in [2.75, 3.05) is 18.7 Å². The Hall–Kier alpha value is -2.91. The van der Waals surface area contributed by atoms with Crippen LogP contribution in [0.3, 0.4) is 0 Å². The molecule has 2 aliphatic heterocycles. The van der Waals surface area contributed by atoms with E-state index in [4.69, 9.17) is 16.5 Å². The molecule has 0 saturated heterocycles. The van der Waals surface area contributed by atoms with Gasteiger partial charge in [-0.1, -0.05) is 17.3 Å². The maximum absolute atomic E-state index is 6.31. The molecule has 1 aromatic carbocycles. The van der Waals surface area contributed by atoms with E-state index in [1.807, 2.05) is 29.0 Å². The summed E-state index contributed by atoms with van der Waals surface area (Å²) >= 11 is 6.31. The minimum Gasteiger partial charge on any atom is -0.372 e. The molecule has 0 spiro atoms. The molecule has 0 N–H and O–H groups in total. The second-order valence-corrected chi connectivity index (χ2v) is 7.30. The fourth-order valence-corrected chi connectivity index (χ4v) is 4.08. The molecular weight excluding hydrogens is 368 g/mol. The van der Waals surface area contributed by atoms with E-state index in [1.165, 1.54) is 0 Å². The van der Waals surface area contributed by atoms with Crippen molar-refractivity contribution < 1.29 is 4.74 Å². The molecule has 1 saturated carbocycles. The lowest BCUT2D eigenvalue weighted by molar-refractivity contribution is 0.0727. The van der Waals surface area contributed by atoms with Crippen LogP contribution >= 0.6 is 11.8 Å². The number of anilines is 1. The summed E-state index contributed by atoms with van der Waals surface area (Å²) in [5.74, 6) is 2.19. The SMILES string of the molecule is COC1(c2cnnn2-c2nnc3n2C2=CN(Cl)CN2c2ccccc2-3)CC1. The number of aromatic nitrogens is 6. The maximum Gasteiger partial charge on any atom is 0.259 e. The molecule has 0 unspecified atom stereocenters. The van der Waals surface area contributed by atoms with Crippen molar-refractivity contribution in [2.45, 2.75) is 18.4 Å². The van der Waals surface area contributed by atoms with E-state index in [1.54, 1.807) is 22.4 Å². The van der Waals surface area contributed by atoms with Crippen LogP contribution in [0, 0.1) is 0 Å². The van der Waals surface area contributed by atoms with E-state index in [9.17, 15) is 0 Å². The molecule has 9 nitrogen and oxygen atoms in total. The zero-order chi connectivity index (χ0) is 18.2. The van der Waals surface area contributed by atoms with Crippen molar-refractivity contribution in [2.24, 2.45) is 0 Å². The molecule has 1 fully saturated rings. The number of ether oxygens (including phenoxy) is 1. The van der Waals surface area contributed by atoms with E-state index in [0.29, 0.717) is 12.6 Å². The Labute approximate surface area is 159 Å². The van der Waals surface area contributed by atoms with Crippen molar-refractivity contribution >= 4 is 23.3 Å². The van der Waals surface area contributed by atoms with Crippen molar-refractivity contribution in [1.82, 2.24) is 34.2 Å². The average Bonchev–Trinajstić information content (AvgIpc) is 3.03. The Morgan fingerprint density at radius 1 is 1.19 bits per heavy atom. The van der Waals surface area contributed by atoms with E-state index >= 15 is 0 Å². The van der Waals surface area contributed by atoms with E-state index < -0.39 is 0 Å². The predicted octanol–water partition coefficient (Wildman–Crippen LogP) is 2.16. The summed E-state index contributed by atoms with van der Waals surface area (Å²) in [6.45, 7) is 0.539. The standard InChI is InChI=1S/C17H15ClN8O/c1-27-17(6-7-17)13-8-19-22-26(13)16-21-20-15-11-4-2-3-5-12(11)24-10-23(18)9-14(24)25(15)16/h2-5,8-9H,6-7,10H2,1H3. The molecule has 0 bridgehead atoms. The van der Waals surface area contributed by atoms with Gasteiger partial charge in [0.15, 0.2) is 5.82 Å². The topological polar surface area (TPSA) is 77.1 Å². The number of hydrogen-bond acceptors (Lipinski definition) is 7. The number of methoxy groups -OCH3 is 1. The van der Waals surface area contributed by atoms with Gasteiger partial charge in [-0.05, 0) is 25.0 Å². The third-order valence-electron chi connectivity index (χ3n) is 5.42. The lowest BCUT2D eigenvalue weighted by Gasteiger charge is -2.30. The molecule has 0 amide bonds. The van der Waals surface area contributed by atoms with Crippen LogP contribution in [0.25, 0.3) is 23.2 Å². The monoisotopic (exact) mass is 382 g/mol. The highest BCUT2D eigenvalue weighted by molar-refractivity contribution is 6.15. The quantitative estimate of drug-likeness (QED) is 0.642. The third kappa shape index (κ3) is 1.92. The minimum absolute atomic E-state index is 0.343. The highest BCUT2D eigenvalue weighted by Gasteiger charge is 2.49. The highest BCUT2D eigenvalue weighted by Crippen LogP contribution is 2.49. The van der Waals surface area contributed by atoms with Crippen LogP contribution in [0.2, 0.25) is 0 Å². The summed E-state index contributed by atoms with van der Waals surface area (Å²) in [6, 6.07) is 8.09. The normalized spacial score (nSPS) is 18.8. The number of para-hydroxylation sites is 1. The molecule has 136 valence electrons. The Balaban J connectivity index is 1.60. The first-order valence-electron chi connectivity index (χ1n) is 8.65. The molecule has 0 atom stereocenters. The largest absolute Gasteiger partial charge is 0.372 e. The second-order valence-electron chi connectivity index (χ2n) is 6.86. The van der Waals surface area contributed by atoms with Crippen LogP contribution < -0.4 is 4.90 Å². The van der Waals surface area contributed by atoms with E-state index in [-0.39, 0.29) is 5.60 Å². The number of hydrogen-bond donors (Lipinski definition) is 0. The van der Waals surface area contributed by atoms with E-state index in [0.717, 1.165) is 41.4 Å². The van der Waals surface area contributed by atoms with Gasteiger partial charge in [0.05, 0.1) is 23.8 Å². The molecule has 6 rings (SSSR count). The molecule has 10 heteroatoms. The summed E-state index contributed by atoms with van der Waals surface area (Å²) in [5, 5.41) is 17.3. The first-order chi connectivity index (χ1) is 13.2. The first kappa shape index (κ1) is 15.2. The fourth-order valence-electron chi connectivity index (χ4n) is 3.89. The molecule has 2 aromatic heterocycles. The van der Waals surface area contributed by atoms with Crippen LogP contribution in [-0.2, 0) is 10.3 Å². The third-order valence-corrected chi connectivity index (χ3v) is 5.62. The fraction of sp³-hybridized carbons (Fsp3) is 0.294. The smallest absolute Gasteiger partial charge is 0.259 e. The Kier molecular flexibility index (Phi) is 2.86. The number of halogens is 1. The number of fused-ring (bicyclic) bond motifs is 6. The average molecular weight is 383 g/mol. The van der Waals surface area contributed by atoms with Gasteiger partial charge in [-0.15, -0.1) is 15.3 Å². The van der Waals surface area contributed by atoms with Gasteiger partial charge in [0.25, 0.3) is 5.95 Å². The van der Waals surface area contributed by atoms with Gasteiger partial charge in [0.2, 0.25) is 0 Å². The van der Waals surface area contributed by atoms with Gasteiger partial charge in [0.1, 0.15) is 18.1 Å². The summed E-state index contributed by atoms with van der Waals surface area (Å²) in [7, 11) is 1.71. The molecule has 0 radical (unpaired) electrons. The highest BCUT2D eigenvalue weighted by atomic mass is 35.5. The summed E-state index contributed by atoms with van der Waals surface area (Å²) < 4.78 is 11.0. The van der Waals surface area contributed by atoms with Crippen molar-refractivity contribution in [3.63, 3.8) is 0 Å². The molecule has 4 heterocycles. The first-order valence-corrected chi connectivity index (χ1v) is 8.99. The Bertz CT molecular complexity index is 1100. The zero-order valence-corrected chi connectivity index (χ0v) is 15.2. The van der Waals surface area contributed by atoms with Crippen LogP contribution in [0.4, 0.5) is 5.69 Å². The molecule has 3 aromatic rings. The van der Waals surface area contributed by atoms with Gasteiger partial charge in [-0.3, -0.25) is 4.42 Å². The van der Waals surface area contributed by atoms with Gasteiger partial charge in [-0.25, -0.2) is 4.57 Å². The summed E-state index contributed by atoms with van der Waals surface area (Å²) in [5.41, 5.74) is 2.58. The minimum atomic E-state index is -0.343. The number of rotatable bonds is 3. The molecule has 27 heavy (non-hydrogen) atoms. The van der Waals surface area contributed by atoms with Gasteiger partial charge < -0.3 is 9.64 Å². The van der Waals surface area contributed by atoms with Crippen LogP contribution in [0.1, 0.15) is 18.5 Å². The molecule has 3 aliphatic rings. The van der Waals surface area contributed by atoms with Crippen LogP contribution in [0.5, 0.6) is 0 Å². The molecule has 1 aliphatic carbocycles.